The zero-order chi connectivity index (χ0) is 28.2. The molecule has 0 saturated carbocycles. The van der Waals surface area contributed by atoms with Gasteiger partial charge in [0.1, 0.15) is 6.04 Å². The molecule has 1 saturated heterocycles. The minimum atomic E-state index is -4.47. The number of hydrogen-bond acceptors (Lipinski definition) is 4. The van der Waals surface area contributed by atoms with Gasteiger partial charge in [0.15, 0.2) is 0 Å². The molecule has 1 fully saturated rings. The van der Waals surface area contributed by atoms with Crippen molar-refractivity contribution in [3.05, 3.63) is 83.9 Å². The molecule has 1 aliphatic heterocycles. The Morgan fingerprint density at radius 2 is 1.69 bits per heavy atom. The zero-order valence-electron chi connectivity index (χ0n) is 21.0. The number of benzene rings is 3. The van der Waals surface area contributed by atoms with Crippen molar-refractivity contribution in [2.45, 2.75) is 31.6 Å². The molecule has 1 atom stereocenters. The van der Waals surface area contributed by atoms with E-state index in [0.717, 1.165) is 47.2 Å². The first kappa shape index (κ1) is 28.1. The van der Waals surface area contributed by atoms with Gasteiger partial charge in [-0.2, -0.15) is 13.2 Å². The standard InChI is InChI=1S/C27H27F3N4O4S/c1-39(37,38)31-17-18-4-2-5-20(16-18)19-7-13-23(14-8-19)34-15-3-6-24(25(34)35)33-26(36)32-22-11-9-21(10-12-22)27(28,29)30/h2,4-5,7-14,16,24,31H,3,6,15,17H2,1H3,(H2,32,33,36)/t24-/m1/s1. The molecular formula is C27H27F3N4O4S. The molecule has 206 valence electrons. The topological polar surface area (TPSA) is 108 Å². The van der Waals surface area contributed by atoms with Gasteiger partial charge in [0.05, 0.1) is 11.8 Å². The Morgan fingerprint density at radius 1 is 1.00 bits per heavy atom. The van der Waals surface area contributed by atoms with Crippen LogP contribution in [0.15, 0.2) is 72.8 Å². The number of piperidine rings is 1. The molecular weight excluding hydrogens is 533 g/mol. The molecule has 0 bridgehead atoms. The summed E-state index contributed by atoms with van der Waals surface area (Å²) in [6, 6.07) is 17.3. The number of urea groups is 1. The second-order valence-electron chi connectivity index (χ2n) is 9.20. The lowest BCUT2D eigenvalue weighted by molar-refractivity contribution is -0.137. The number of nitrogens with one attached hydrogen (secondary N) is 3. The molecule has 3 amide bonds. The summed E-state index contributed by atoms with van der Waals surface area (Å²) in [6.07, 6.45) is -2.29. The van der Waals surface area contributed by atoms with Crippen LogP contribution >= 0.6 is 0 Å². The molecule has 12 heteroatoms. The van der Waals surface area contributed by atoms with Crippen LogP contribution in [0.2, 0.25) is 0 Å². The fraction of sp³-hybridized carbons (Fsp3) is 0.259. The second kappa shape index (κ2) is 11.5. The second-order valence-corrected chi connectivity index (χ2v) is 11.0. The lowest BCUT2D eigenvalue weighted by atomic mass is 10.0. The van der Waals surface area contributed by atoms with Crippen LogP contribution < -0.4 is 20.3 Å². The van der Waals surface area contributed by atoms with Crippen molar-refractivity contribution in [1.82, 2.24) is 10.0 Å². The maximum atomic E-state index is 13.1. The van der Waals surface area contributed by atoms with Crippen molar-refractivity contribution in [3.63, 3.8) is 0 Å². The van der Waals surface area contributed by atoms with Crippen molar-refractivity contribution >= 4 is 33.3 Å². The first-order chi connectivity index (χ1) is 18.4. The van der Waals surface area contributed by atoms with E-state index in [9.17, 15) is 31.2 Å². The minimum absolute atomic E-state index is 0.173. The first-order valence-electron chi connectivity index (χ1n) is 12.1. The molecule has 1 heterocycles. The van der Waals surface area contributed by atoms with E-state index in [1.165, 1.54) is 0 Å². The highest BCUT2D eigenvalue weighted by molar-refractivity contribution is 7.88. The Hall–Kier alpha value is -3.90. The number of halogens is 3. The third-order valence-corrected chi connectivity index (χ3v) is 6.86. The molecule has 3 N–H and O–H groups in total. The van der Waals surface area contributed by atoms with Gasteiger partial charge < -0.3 is 15.5 Å². The van der Waals surface area contributed by atoms with Gasteiger partial charge in [-0.1, -0.05) is 30.3 Å². The Bertz CT molecular complexity index is 1440. The lowest BCUT2D eigenvalue weighted by Crippen LogP contribution is -2.53. The molecule has 1 aliphatic rings. The van der Waals surface area contributed by atoms with Crippen LogP contribution in [0.5, 0.6) is 0 Å². The summed E-state index contributed by atoms with van der Waals surface area (Å²) in [5, 5.41) is 5.08. The molecule has 0 unspecified atom stereocenters. The predicted octanol–water partition coefficient (Wildman–Crippen LogP) is 4.74. The lowest BCUT2D eigenvalue weighted by Gasteiger charge is -2.32. The number of anilines is 2. The molecule has 0 aromatic heterocycles. The number of amides is 3. The molecule has 4 rings (SSSR count). The number of nitrogens with zero attached hydrogens (tertiary/aromatic N) is 1. The Kier molecular flexibility index (Phi) is 8.26. The fourth-order valence-corrected chi connectivity index (χ4v) is 4.67. The number of rotatable bonds is 7. The zero-order valence-corrected chi connectivity index (χ0v) is 21.8. The van der Waals surface area contributed by atoms with Crippen molar-refractivity contribution in [2.75, 3.05) is 23.0 Å². The monoisotopic (exact) mass is 560 g/mol. The van der Waals surface area contributed by atoms with Gasteiger partial charge in [-0.3, -0.25) is 4.79 Å². The third kappa shape index (κ3) is 7.58. The first-order valence-corrected chi connectivity index (χ1v) is 14.0. The van der Waals surface area contributed by atoms with E-state index in [1.54, 1.807) is 17.0 Å². The number of carbonyl (C=O) groups excluding carboxylic acids is 2. The maximum absolute atomic E-state index is 13.1. The smallest absolute Gasteiger partial charge is 0.326 e. The summed E-state index contributed by atoms with van der Waals surface area (Å²) in [6.45, 7) is 0.650. The van der Waals surface area contributed by atoms with Crippen molar-refractivity contribution in [3.8, 4) is 11.1 Å². The highest BCUT2D eigenvalue weighted by Crippen LogP contribution is 2.30. The predicted molar refractivity (Wildman–Crippen MR) is 143 cm³/mol. The molecule has 0 spiro atoms. The van der Waals surface area contributed by atoms with E-state index >= 15 is 0 Å². The van der Waals surface area contributed by atoms with Gasteiger partial charge in [-0.25, -0.2) is 17.9 Å². The molecule has 0 radical (unpaired) electrons. The van der Waals surface area contributed by atoms with Crippen LogP contribution in [0.25, 0.3) is 11.1 Å². The van der Waals surface area contributed by atoms with Crippen molar-refractivity contribution in [1.29, 1.82) is 0 Å². The van der Waals surface area contributed by atoms with E-state index in [4.69, 9.17) is 0 Å². The summed E-state index contributed by atoms with van der Waals surface area (Å²) in [5.41, 5.74) is 2.58. The average Bonchev–Trinajstić information content (AvgIpc) is 2.88. The van der Waals surface area contributed by atoms with Gasteiger partial charge in [0.2, 0.25) is 15.9 Å². The molecule has 0 aliphatic carbocycles. The fourth-order valence-electron chi connectivity index (χ4n) is 4.24. The largest absolute Gasteiger partial charge is 0.416 e. The van der Waals surface area contributed by atoms with Crippen molar-refractivity contribution in [2.24, 2.45) is 0 Å². The van der Waals surface area contributed by atoms with Crippen LogP contribution in [-0.4, -0.2) is 39.2 Å². The molecule has 8 nitrogen and oxygen atoms in total. The Labute approximate surface area is 224 Å². The third-order valence-electron chi connectivity index (χ3n) is 6.19. The minimum Gasteiger partial charge on any atom is -0.326 e. The normalized spacial score (nSPS) is 16.2. The van der Waals surface area contributed by atoms with Gasteiger partial charge in [-0.05, 0) is 72.0 Å². The number of alkyl halides is 3. The van der Waals surface area contributed by atoms with E-state index in [-0.39, 0.29) is 18.1 Å². The van der Waals surface area contributed by atoms with Crippen LogP contribution in [0.4, 0.5) is 29.3 Å². The summed E-state index contributed by atoms with van der Waals surface area (Å²) >= 11 is 0. The summed E-state index contributed by atoms with van der Waals surface area (Å²) in [4.78, 5) is 27.1. The number of carbonyl (C=O) groups is 2. The van der Waals surface area contributed by atoms with E-state index in [0.29, 0.717) is 25.1 Å². The van der Waals surface area contributed by atoms with Gasteiger partial charge in [0, 0.05) is 24.5 Å². The maximum Gasteiger partial charge on any atom is 0.416 e. The summed E-state index contributed by atoms with van der Waals surface area (Å²) in [7, 11) is -3.31. The number of sulfonamides is 1. The number of hydrogen-bond donors (Lipinski definition) is 3. The SMILES string of the molecule is CS(=O)(=O)NCc1cccc(-c2ccc(N3CCC[C@@H](NC(=O)Nc4ccc(C(F)(F)F)cc4)C3=O)cc2)c1. The molecule has 3 aromatic rings. The van der Waals surface area contributed by atoms with E-state index in [2.05, 4.69) is 15.4 Å². The summed E-state index contributed by atoms with van der Waals surface area (Å²) in [5.74, 6) is -0.287. The average molecular weight is 561 g/mol. The van der Waals surface area contributed by atoms with Gasteiger partial charge >= 0.3 is 12.2 Å². The quantitative estimate of drug-likeness (QED) is 0.388. The molecule has 3 aromatic carbocycles. The highest BCUT2D eigenvalue weighted by atomic mass is 32.2. The highest BCUT2D eigenvalue weighted by Gasteiger charge is 2.32. The Balaban J connectivity index is 1.38. The van der Waals surface area contributed by atoms with Crippen LogP contribution in [0.3, 0.4) is 0 Å². The van der Waals surface area contributed by atoms with E-state index in [1.807, 2.05) is 36.4 Å². The van der Waals surface area contributed by atoms with Gasteiger partial charge in [-0.15, -0.1) is 0 Å². The van der Waals surface area contributed by atoms with Crippen molar-refractivity contribution < 1.29 is 31.2 Å². The van der Waals surface area contributed by atoms with E-state index < -0.39 is 33.8 Å². The van der Waals surface area contributed by atoms with Crippen LogP contribution in [0, 0.1) is 0 Å². The molecule has 39 heavy (non-hydrogen) atoms. The van der Waals surface area contributed by atoms with Crippen LogP contribution in [-0.2, 0) is 27.5 Å². The van der Waals surface area contributed by atoms with Crippen LogP contribution in [0.1, 0.15) is 24.0 Å². The van der Waals surface area contributed by atoms with Gasteiger partial charge in [0.25, 0.3) is 0 Å². The Morgan fingerprint density at radius 3 is 2.33 bits per heavy atom. The summed E-state index contributed by atoms with van der Waals surface area (Å²) < 4.78 is 63.4.